The van der Waals surface area contributed by atoms with Gasteiger partial charge >= 0.3 is 0 Å². The van der Waals surface area contributed by atoms with E-state index in [9.17, 15) is 0 Å². The van der Waals surface area contributed by atoms with Gasteiger partial charge < -0.3 is 5.32 Å². The maximum atomic E-state index is 4.24. The Kier molecular flexibility index (Phi) is 3.25. The van der Waals surface area contributed by atoms with Crippen LogP contribution in [0.3, 0.4) is 0 Å². The molecule has 0 aliphatic rings. The number of hydrogen-bond acceptors (Lipinski definition) is 5. The van der Waals surface area contributed by atoms with Crippen molar-refractivity contribution in [2.75, 3.05) is 5.32 Å². The Labute approximate surface area is 99.0 Å². The summed E-state index contributed by atoms with van der Waals surface area (Å²) in [4.78, 5) is 12.1. The van der Waals surface area contributed by atoms with E-state index in [-0.39, 0.29) is 0 Å². The van der Waals surface area contributed by atoms with Crippen LogP contribution in [0.15, 0.2) is 24.9 Å². The first-order valence-electron chi connectivity index (χ1n) is 3.93. The maximum absolute atomic E-state index is 4.24. The predicted octanol–water partition coefficient (Wildman–Crippen LogP) is 2.15. The largest absolute Gasteiger partial charge is 0.376 e. The molecule has 6 heteroatoms. The van der Waals surface area contributed by atoms with Gasteiger partial charge in [0.25, 0.3) is 0 Å². The van der Waals surface area contributed by atoms with Gasteiger partial charge in [0.05, 0.1) is 33.7 Å². The average Bonchev–Trinajstić information content (AvgIpc) is 2.63. The summed E-state index contributed by atoms with van der Waals surface area (Å²) in [6.07, 6.45) is 6.86. The Morgan fingerprint density at radius 2 is 2.07 bits per heavy atom. The van der Waals surface area contributed by atoms with Crippen LogP contribution in [-0.2, 0) is 6.54 Å². The highest BCUT2D eigenvalue weighted by atomic mass is 127. The molecular weight excluding hydrogens is 311 g/mol. The molecule has 0 saturated carbocycles. The Bertz CT molecular complexity index is 403. The molecule has 0 amide bonds. The highest BCUT2D eigenvalue weighted by Gasteiger charge is 1.98. The van der Waals surface area contributed by atoms with Crippen LogP contribution in [0.2, 0.25) is 0 Å². The first-order valence-corrected chi connectivity index (χ1v) is 5.83. The summed E-state index contributed by atoms with van der Waals surface area (Å²) in [6, 6.07) is 0. The molecule has 14 heavy (non-hydrogen) atoms. The molecule has 2 aromatic heterocycles. The standard InChI is InChI=1S/C8H7IN4S/c9-7-3-13-8(14-7)4-12-6-1-10-5-11-2-6/h1-3,5,12H,4H2. The van der Waals surface area contributed by atoms with Gasteiger partial charge in [0, 0.05) is 0 Å². The molecule has 0 aromatic carbocycles. The SMILES string of the molecule is Ic1cnc(CNc2cncnc2)s1. The van der Waals surface area contributed by atoms with Gasteiger partial charge in [-0.2, -0.15) is 0 Å². The Hall–Kier alpha value is -0.760. The van der Waals surface area contributed by atoms with Crippen LogP contribution >= 0.6 is 33.9 Å². The van der Waals surface area contributed by atoms with Crippen LogP contribution in [0.4, 0.5) is 5.69 Å². The fraction of sp³-hybridized carbons (Fsp3) is 0.125. The Morgan fingerprint density at radius 3 is 2.71 bits per heavy atom. The van der Waals surface area contributed by atoms with Gasteiger partial charge in [-0.25, -0.2) is 15.0 Å². The van der Waals surface area contributed by atoms with E-state index in [1.54, 1.807) is 23.7 Å². The van der Waals surface area contributed by atoms with Gasteiger partial charge in [0.1, 0.15) is 11.3 Å². The van der Waals surface area contributed by atoms with E-state index in [2.05, 4.69) is 42.9 Å². The van der Waals surface area contributed by atoms with Crippen LogP contribution < -0.4 is 5.32 Å². The van der Waals surface area contributed by atoms with Gasteiger partial charge in [-0.05, 0) is 22.6 Å². The number of rotatable bonds is 3. The topological polar surface area (TPSA) is 50.7 Å². The molecule has 0 saturated heterocycles. The third-order valence-corrected chi connectivity index (χ3v) is 3.25. The van der Waals surface area contributed by atoms with Crippen molar-refractivity contribution in [2.24, 2.45) is 0 Å². The molecule has 1 N–H and O–H groups in total. The number of nitrogens with one attached hydrogen (secondary N) is 1. The smallest absolute Gasteiger partial charge is 0.115 e. The maximum Gasteiger partial charge on any atom is 0.115 e. The van der Waals surface area contributed by atoms with Crippen LogP contribution in [0.1, 0.15) is 5.01 Å². The minimum Gasteiger partial charge on any atom is -0.376 e. The molecule has 0 unspecified atom stereocenters. The molecule has 0 radical (unpaired) electrons. The molecule has 0 aliphatic carbocycles. The van der Waals surface area contributed by atoms with E-state index in [1.165, 1.54) is 9.21 Å². The summed E-state index contributed by atoms with van der Waals surface area (Å²) in [6.45, 7) is 0.723. The number of hydrogen-bond donors (Lipinski definition) is 1. The summed E-state index contributed by atoms with van der Waals surface area (Å²) in [5.74, 6) is 0. The Morgan fingerprint density at radius 1 is 1.29 bits per heavy atom. The molecule has 2 rings (SSSR count). The second-order valence-electron chi connectivity index (χ2n) is 2.54. The minimum atomic E-state index is 0.723. The van der Waals surface area contributed by atoms with Gasteiger partial charge in [0.2, 0.25) is 0 Å². The molecule has 0 bridgehead atoms. The van der Waals surface area contributed by atoms with Gasteiger partial charge in [0.15, 0.2) is 0 Å². The lowest BCUT2D eigenvalue weighted by molar-refractivity contribution is 1.08. The molecule has 2 aromatic rings. The molecule has 0 aliphatic heterocycles. The summed E-state index contributed by atoms with van der Waals surface area (Å²) in [7, 11) is 0. The molecule has 4 nitrogen and oxygen atoms in total. The molecular formula is C8H7IN4S. The van der Waals surface area contributed by atoms with Crippen molar-refractivity contribution in [1.29, 1.82) is 0 Å². The zero-order valence-electron chi connectivity index (χ0n) is 7.14. The lowest BCUT2D eigenvalue weighted by Crippen LogP contribution is -1.99. The van der Waals surface area contributed by atoms with Crippen LogP contribution in [0.5, 0.6) is 0 Å². The molecule has 0 atom stereocenters. The predicted molar refractivity (Wildman–Crippen MR) is 64.2 cm³/mol. The van der Waals surface area contributed by atoms with E-state index < -0.39 is 0 Å². The van der Waals surface area contributed by atoms with E-state index in [0.29, 0.717) is 0 Å². The zero-order valence-corrected chi connectivity index (χ0v) is 10.1. The van der Waals surface area contributed by atoms with Crippen LogP contribution in [0.25, 0.3) is 0 Å². The van der Waals surface area contributed by atoms with Crippen molar-refractivity contribution < 1.29 is 0 Å². The molecule has 0 spiro atoms. The fourth-order valence-corrected chi connectivity index (χ4v) is 2.42. The fourth-order valence-electron chi connectivity index (χ4n) is 0.938. The number of nitrogens with zero attached hydrogens (tertiary/aromatic N) is 3. The van der Waals surface area contributed by atoms with Crippen molar-refractivity contribution in [1.82, 2.24) is 15.0 Å². The first-order chi connectivity index (χ1) is 6.84. The second kappa shape index (κ2) is 4.65. The number of thiazole rings is 1. The lowest BCUT2D eigenvalue weighted by atomic mass is 10.5. The summed E-state index contributed by atoms with van der Waals surface area (Å²) in [5, 5.41) is 4.26. The highest BCUT2D eigenvalue weighted by Crippen LogP contribution is 2.15. The summed E-state index contributed by atoms with van der Waals surface area (Å²) in [5.41, 5.74) is 0.915. The quantitative estimate of drug-likeness (QED) is 0.881. The average molecular weight is 318 g/mol. The Balaban J connectivity index is 1.95. The normalized spacial score (nSPS) is 10.1. The molecule has 0 fully saturated rings. The van der Waals surface area contributed by atoms with Crippen LogP contribution in [-0.4, -0.2) is 15.0 Å². The minimum absolute atomic E-state index is 0.723. The number of halogens is 1. The summed E-state index contributed by atoms with van der Waals surface area (Å²) >= 11 is 3.94. The third-order valence-electron chi connectivity index (χ3n) is 1.53. The monoisotopic (exact) mass is 318 g/mol. The first kappa shape index (κ1) is 9.78. The number of aromatic nitrogens is 3. The van der Waals surface area contributed by atoms with Crippen LogP contribution in [0, 0.1) is 2.88 Å². The zero-order chi connectivity index (χ0) is 9.80. The van der Waals surface area contributed by atoms with Crippen molar-refractivity contribution in [3.8, 4) is 0 Å². The second-order valence-corrected chi connectivity index (χ2v) is 5.55. The van der Waals surface area contributed by atoms with Crippen molar-refractivity contribution >= 4 is 39.6 Å². The van der Waals surface area contributed by atoms with Gasteiger partial charge in [-0.3, -0.25) is 0 Å². The van der Waals surface area contributed by atoms with E-state index in [0.717, 1.165) is 17.2 Å². The van der Waals surface area contributed by atoms with Gasteiger partial charge in [-0.1, -0.05) is 0 Å². The van der Waals surface area contributed by atoms with Gasteiger partial charge in [-0.15, -0.1) is 11.3 Å². The molecule has 72 valence electrons. The van der Waals surface area contributed by atoms with E-state index in [1.807, 2.05) is 6.20 Å². The number of anilines is 1. The van der Waals surface area contributed by atoms with E-state index in [4.69, 9.17) is 0 Å². The van der Waals surface area contributed by atoms with Crippen molar-refractivity contribution in [3.63, 3.8) is 0 Å². The lowest BCUT2D eigenvalue weighted by Gasteiger charge is -2.01. The van der Waals surface area contributed by atoms with Crippen molar-refractivity contribution in [2.45, 2.75) is 6.54 Å². The van der Waals surface area contributed by atoms with E-state index >= 15 is 0 Å². The highest BCUT2D eigenvalue weighted by molar-refractivity contribution is 14.1. The summed E-state index contributed by atoms with van der Waals surface area (Å²) < 4.78 is 1.20. The molecule has 2 heterocycles. The third kappa shape index (κ3) is 2.61. The van der Waals surface area contributed by atoms with Crippen molar-refractivity contribution in [3.05, 3.63) is 32.8 Å².